The Morgan fingerprint density at radius 1 is 1.07 bits per heavy atom. The molecule has 0 aliphatic heterocycles. The summed E-state index contributed by atoms with van der Waals surface area (Å²) in [6.45, 7) is 3.69. The van der Waals surface area contributed by atoms with Gasteiger partial charge in [0, 0.05) is 24.6 Å². The fourth-order valence-corrected chi connectivity index (χ4v) is 4.48. The second-order valence-corrected chi connectivity index (χ2v) is 7.52. The summed E-state index contributed by atoms with van der Waals surface area (Å²) in [7, 11) is 1.67. The first kappa shape index (κ1) is 19.4. The Labute approximate surface area is 172 Å². The van der Waals surface area contributed by atoms with Gasteiger partial charge < -0.3 is 14.0 Å². The van der Waals surface area contributed by atoms with Crippen LogP contribution >= 0.6 is 11.3 Å². The van der Waals surface area contributed by atoms with Crippen LogP contribution in [0.5, 0.6) is 5.75 Å². The number of carbonyl (C=O) groups is 1. The molecule has 0 saturated heterocycles. The third-order valence-electron chi connectivity index (χ3n) is 4.70. The number of hydrogen-bond donors (Lipinski definition) is 0. The van der Waals surface area contributed by atoms with Crippen LogP contribution in [-0.2, 0) is 11.3 Å². The van der Waals surface area contributed by atoms with Gasteiger partial charge in [0.1, 0.15) is 5.75 Å². The Hall–Kier alpha value is -2.96. The highest BCUT2D eigenvalue weighted by Crippen LogP contribution is 2.27. The molecule has 1 heterocycles. The standard InChI is InChI=1S/C23H22N2O3S/c1-3-28-18-11-8-17(9-12-18)22(26)24-23-25(14-15-27-2)20-13-10-16-6-4-5-7-19(16)21(20)29-23/h4-13H,3,14-15H2,1-2H3. The molecular weight excluding hydrogens is 384 g/mol. The first-order valence-electron chi connectivity index (χ1n) is 9.53. The lowest BCUT2D eigenvalue weighted by Crippen LogP contribution is -2.19. The van der Waals surface area contributed by atoms with Crippen LogP contribution in [0.4, 0.5) is 0 Å². The maximum Gasteiger partial charge on any atom is 0.279 e. The molecule has 0 atom stereocenters. The summed E-state index contributed by atoms with van der Waals surface area (Å²) in [4.78, 5) is 17.9. The Balaban J connectivity index is 1.82. The highest BCUT2D eigenvalue weighted by molar-refractivity contribution is 7.17. The van der Waals surface area contributed by atoms with Gasteiger partial charge in [-0.2, -0.15) is 4.99 Å². The van der Waals surface area contributed by atoms with Gasteiger partial charge in [-0.1, -0.05) is 41.7 Å². The number of thiazole rings is 1. The van der Waals surface area contributed by atoms with Gasteiger partial charge >= 0.3 is 0 Å². The third kappa shape index (κ3) is 3.95. The monoisotopic (exact) mass is 406 g/mol. The normalized spacial score (nSPS) is 12.0. The topological polar surface area (TPSA) is 52.8 Å². The summed E-state index contributed by atoms with van der Waals surface area (Å²) in [5.41, 5.74) is 1.60. The highest BCUT2D eigenvalue weighted by Gasteiger charge is 2.12. The average Bonchev–Trinajstić information content (AvgIpc) is 3.10. The van der Waals surface area contributed by atoms with Crippen molar-refractivity contribution in [2.75, 3.05) is 20.3 Å². The number of amides is 1. The third-order valence-corrected chi connectivity index (χ3v) is 5.83. The van der Waals surface area contributed by atoms with Crippen LogP contribution in [0.25, 0.3) is 21.0 Å². The van der Waals surface area contributed by atoms with E-state index in [9.17, 15) is 4.79 Å². The number of rotatable bonds is 6. The zero-order valence-corrected chi connectivity index (χ0v) is 17.2. The predicted octanol–water partition coefficient (Wildman–Crippen LogP) is 4.64. The molecule has 4 rings (SSSR count). The minimum Gasteiger partial charge on any atom is -0.494 e. The van der Waals surface area contributed by atoms with Gasteiger partial charge in [0.05, 0.1) is 23.4 Å². The molecular formula is C23H22N2O3S. The van der Waals surface area contributed by atoms with Crippen molar-refractivity contribution in [3.63, 3.8) is 0 Å². The number of methoxy groups -OCH3 is 1. The first-order valence-corrected chi connectivity index (χ1v) is 10.3. The van der Waals surface area contributed by atoms with Crippen LogP contribution in [-0.4, -0.2) is 30.8 Å². The van der Waals surface area contributed by atoms with Gasteiger partial charge in [0.25, 0.3) is 5.91 Å². The quantitative estimate of drug-likeness (QED) is 0.469. The molecule has 0 bridgehead atoms. The van der Waals surface area contributed by atoms with Gasteiger partial charge in [0.15, 0.2) is 4.80 Å². The molecule has 0 unspecified atom stereocenters. The van der Waals surface area contributed by atoms with Gasteiger partial charge in [-0.15, -0.1) is 0 Å². The second-order valence-electron chi connectivity index (χ2n) is 6.54. The van der Waals surface area contributed by atoms with Crippen LogP contribution in [0, 0.1) is 0 Å². The van der Waals surface area contributed by atoms with Gasteiger partial charge in [0.2, 0.25) is 0 Å². The van der Waals surface area contributed by atoms with E-state index in [4.69, 9.17) is 9.47 Å². The molecule has 0 saturated carbocycles. The number of aromatic nitrogens is 1. The van der Waals surface area contributed by atoms with E-state index >= 15 is 0 Å². The lowest BCUT2D eigenvalue weighted by atomic mass is 10.1. The van der Waals surface area contributed by atoms with Gasteiger partial charge in [-0.05, 0) is 42.6 Å². The Bertz CT molecular complexity index is 1220. The molecule has 0 fully saturated rings. The predicted molar refractivity (Wildman–Crippen MR) is 117 cm³/mol. The largest absolute Gasteiger partial charge is 0.494 e. The Kier molecular flexibility index (Phi) is 5.74. The number of nitrogens with zero attached hydrogens (tertiary/aromatic N) is 2. The van der Waals surface area contributed by atoms with Crippen LogP contribution in [0.15, 0.2) is 65.7 Å². The second kappa shape index (κ2) is 8.59. The maximum atomic E-state index is 12.8. The number of hydrogen-bond acceptors (Lipinski definition) is 4. The van der Waals surface area contributed by atoms with Gasteiger partial charge in [-0.3, -0.25) is 4.79 Å². The molecule has 0 aliphatic rings. The van der Waals surface area contributed by atoms with Crippen molar-refractivity contribution in [2.45, 2.75) is 13.5 Å². The highest BCUT2D eigenvalue weighted by atomic mass is 32.1. The van der Waals surface area contributed by atoms with Crippen molar-refractivity contribution in [1.82, 2.24) is 4.57 Å². The van der Waals surface area contributed by atoms with E-state index in [1.807, 2.05) is 19.1 Å². The fourth-order valence-electron chi connectivity index (χ4n) is 3.29. The average molecular weight is 407 g/mol. The first-order chi connectivity index (χ1) is 14.2. The molecule has 0 aliphatic carbocycles. The van der Waals surface area contributed by atoms with Crippen molar-refractivity contribution < 1.29 is 14.3 Å². The minimum absolute atomic E-state index is 0.268. The number of carbonyl (C=O) groups excluding carboxylic acids is 1. The number of ether oxygens (including phenoxy) is 2. The summed E-state index contributed by atoms with van der Waals surface area (Å²) in [5, 5.41) is 2.33. The SMILES string of the molecule is CCOc1ccc(C(=O)N=c2sc3c4ccccc4ccc3n2CCOC)cc1. The van der Waals surface area contributed by atoms with Crippen LogP contribution in [0.3, 0.4) is 0 Å². The Morgan fingerprint density at radius 3 is 2.62 bits per heavy atom. The molecule has 148 valence electrons. The molecule has 5 nitrogen and oxygen atoms in total. The molecule has 4 aromatic rings. The molecule has 3 aromatic carbocycles. The molecule has 6 heteroatoms. The van der Waals surface area contributed by atoms with Crippen molar-refractivity contribution in [3.05, 3.63) is 71.0 Å². The van der Waals surface area contributed by atoms with Crippen molar-refractivity contribution in [3.8, 4) is 5.75 Å². The van der Waals surface area contributed by atoms with Crippen LogP contribution < -0.4 is 9.54 Å². The lowest BCUT2D eigenvalue weighted by molar-refractivity contribution is 0.0997. The van der Waals surface area contributed by atoms with Crippen molar-refractivity contribution in [2.24, 2.45) is 4.99 Å². The van der Waals surface area contributed by atoms with Gasteiger partial charge in [-0.25, -0.2) is 0 Å². The fraction of sp³-hybridized carbons (Fsp3) is 0.217. The molecule has 29 heavy (non-hydrogen) atoms. The van der Waals surface area contributed by atoms with Crippen LogP contribution in [0.2, 0.25) is 0 Å². The van der Waals surface area contributed by atoms with Crippen LogP contribution in [0.1, 0.15) is 17.3 Å². The molecule has 1 aromatic heterocycles. The zero-order valence-electron chi connectivity index (χ0n) is 16.4. The maximum absolute atomic E-state index is 12.8. The summed E-state index contributed by atoms with van der Waals surface area (Å²) >= 11 is 1.53. The number of fused-ring (bicyclic) bond motifs is 3. The summed E-state index contributed by atoms with van der Waals surface area (Å²) in [5.74, 6) is 0.475. The smallest absolute Gasteiger partial charge is 0.279 e. The molecule has 0 N–H and O–H groups in total. The molecule has 1 amide bonds. The van der Waals surface area contributed by atoms with E-state index in [0.29, 0.717) is 30.1 Å². The van der Waals surface area contributed by atoms with Crippen molar-refractivity contribution in [1.29, 1.82) is 0 Å². The summed E-state index contributed by atoms with van der Waals surface area (Å²) in [6.07, 6.45) is 0. The summed E-state index contributed by atoms with van der Waals surface area (Å²) in [6, 6.07) is 19.5. The van der Waals surface area contributed by atoms with Crippen molar-refractivity contribution >= 4 is 38.2 Å². The van der Waals surface area contributed by atoms with E-state index in [1.54, 1.807) is 31.4 Å². The number of benzene rings is 3. The van der Waals surface area contributed by atoms with E-state index < -0.39 is 0 Å². The lowest BCUT2D eigenvalue weighted by Gasteiger charge is -2.05. The molecule has 0 spiro atoms. The van der Waals surface area contributed by atoms with E-state index in [-0.39, 0.29) is 5.91 Å². The summed E-state index contributed by atoms with van der Waals surface area (Å²) < 4.78 is 13.9. The van der Waals surface area contributed by atoms with E-state index in [2.05, 4.69) is 33.8 Å². The van der Waals surface area contributed by atoms with E-state index in [1.165, 1.54) is 16.7 Å². The minimum atomic E-state index is -0.268. The molecule has 0 radical (unpaired) electrons. The van der Waals surface area contributed by atoms with E-state index in [0.717, 1.165) is 21.4 Å². The zero-order chi connectivity index (χ0) is 20.2. The Morgan fingerprint density at radius 2 is 1.86 bits per heavy atom.